The quantitative estimate of drug-likeness (QED) is 0.921. The molecule has 1 aliphatic heterocycles. The zero-order chi connectivity index (χ0) is 12.4. The minimum Gasteiger partial charge on any atom is -0.381 e. The SMILES string of the molecule is CC1CC(Nc2cccc(-n3cnnc3)c2)CS1. The van der Waals surface area contributed by atoms with Crippen LogP contribution in [0.5, 0.6) is 0 Å². The molecule has 0 bridgehead atoms. The van der Waals surface area contributed by atoms with Gasteiger partial charge in [-0.25, -0.2) is 0 Å². The molecule has 1 aromatic carbocycles. The average molecular weight is 260 g/mol. The monoisotopic (exact) mass is 260 g/mol. The molecule has 0 spiro atoms. The van der Waals surface area contributed by atoms with Crippen LogP contribution < -0.4 is 5.32 Å². The van der Waals surface area contributed by atoms with E-state index in [1.54, 1.807) is 12.7 Å². The number of rotatable bonds is 3. The van der Waals surface area contributed by atoms with Crippen molar-refractivity contribution >= 4 is 17.4 Å². The summed E-state index contributed by atoms with van der Waals surface area (Å²) in [5.41, 5.74) is 2.25. The van der Waals surface area contributed by atoms with Crippen molar-refractivity contribution in [1.29, 1.82) is 0 Å². The molecule has 0 amide bonds. The summed E-state index contributed by atoms with van der Waals surface area (Å²) in [7, 11) is 0. The van der Waals surface area contributed by atoms with E-state index in [0.29, 0.717) is 6.04 Å². The Kier molecular flexibility index (Phi) is 3.23. The Morgan fingerprint density at radius 1 is 1.33 bits per heavy atom. The standard InChI is InChI=1S/C13H16N4S/c1-10-5-12(7-18-10)16-11-3-2-4-13(6-11)17-8-14-15-9-17/h2-4,6,8-10,12,16H,5,7H2,1H3. The van der Waals surface area contributed by atoms with Gasteiger partial charge < -0.3 is 5.32 Å². The van der Waals surface area contributed by atoms with Crippen LogP contribution in [0.4, 0.5) is 5.69 Å². The van der Waals surface area contributed by atoms with E-state index in [1.165, 1.54) is 17.9 Å². The fraction of sp³-hybridized carbons (Fsp3) is 0.385. The lowest BCUT2D eigenvalue weighted by molar-refractivity contribution is 0.747. The lowest BCUT2D eigenvalue weighted by atomic mass is 10.2. The first-order chi connectivity index (χ1) is 8.81. The molecule has 2 atom stereocenters. The molecule has 4 nitrogen and oxygen atoms in total. The first-order valence-electron chi connectivity index (χ1n) is 6.14. The summed E-state index contributed by atoms with van der Waals surface area (Å²) in [6, 6.07) is 8.95. The smallest absolute Gasteiger partial charge is 0.123 e. The maximum Gasteiger partial charge on any atom is 0.123 e. The normalized spacial score (nSPS) is 23.2. The first-order valence-corrected chi connectivity index (χ1v) is 7.19. The number of hydrogen-bond donors (Lipinski definition) is 1. The highest BCUT2D eigenvalue weighted by Gasteiger charge is 2.21. The van der Waals surface area contributed by atoms with Gasteiger partial charge in [-0.05, 0) is 24.6 Å². The van der Waals surface area contributed by atoms with Gasteiger partial charge in [0.1, 0.15) is 12.7 Å². The van der Waals surface area contributed by atoms with Crippen LogP contribution in [0.25, 0.3) is 5.69 Å². The third-order valence-electron chi connectivity index (χ3n) is 3.13. The van der Waals surface area contributed by atoms with Crippen LogP contribution in [0.15, 0.2) is 36.9 Å². The second kappa shape index (κ2) is 5.02. The van der Waals surface area contributed by atoms with Gasteiger partial charge in [0.05, 0.1) is 5.69 Å². The van der Waals surface area contributed by atoms with Crippen molar-refractivity contribution in [2.75, 3.05) is 11.1 Å². The van der Waals surface area contributed by atoms with E-state index in [4.69, 9.17) is 0 Å². The maximum absolute atomic E-state index is 3.83. The van der Waals surface area contributed by atoms with Gasteiger partial charge in [0.25, 0.3) is 0 Å². The zero-order valence-electron chi connectivity index (χ0n) is 10.3. The summed E-state index contributed by atoms with van der Waals surface area (Å²) in [6.07, 6.45) is 4.67. The number of anilines is 1. The fourth-order valence-electron chi connectivity index (χ4n) is 2.24. The summed E-state index contributed by atoms with van der Waals surface area (Å²) in [5.74, 6) is 1.19. The highest BCUT2D eigenvalue weighted by molar-refractivity contribution is 8.00. The maximum atomic E-state index is 3.83. The van der Waals surface area contributed by atoms with Gasteiger partial charge in [0.2, 0.25) is 0 Å². The van der Waals surface area contributed by atoms with Crippen molar-refractivity contribution in [3.63, 3.8) is 0 Å². The Labute approximate surface area is 111 Å². The van der Waals surface area contributed by atoms with Crippen molar-refractivity contribution in [3.05, 3.63) is 36.9 Å². The molecule has 5 heteroatoms. The van der Waals surface area contributed by atoms with E-state index in [0.717, 1.165) is 10.9 Å². The van der Waals surface area contributed by atoms with Crippen LogP contribution in [0.1, 0.15) is 13.3 Å². The van der Waals surface area contributed by atoms with E-state index < -0.39 is 0 Å². The van der Waals surface area contributed by atoms with Gasteiger partial charge in [0.15, 0.2) is 0 Å². The molecule has 2 aromatic rings. The summed E-state index contributed by atoms with van der Waals surface area (Å²) in [5, 5.41) is 12.0. The van der Waals surface area contributed by atoms with Crippen LogP contribution in [0.3, 0.4) is 0 Å². The van der Waals surface area contributed by atoms with Crippen LogP contribution in [-0.4, -0.2) is 31.8 Å². The molecule has 2 heterocycles. The Bertz CT molecular complexity index is 511. The van der Waals surface area contributed by atoms with Crippen molar-refractivity contribution in [3.8, 4) is 5.69 Å². The predicted molar refractivity (Wildman–Crippen MR) is 75.3 cm³/mol. The number of nitrogens with zero attached hydrogens (tertiary/aromatic N) is 3. The van der Waals surface area contributed by atoms with Crippen LogP contribution >= 0.6 is 11.8 Å². The van der Waals surface area contributed by atoms with E-state index in [2.05, 4.69) is 46.7 Å². The zero-order valence-corrected chi connectivity index (χ0v) is 11.1. The average Bonchev–Trinajstić information content (AvgIpc) is 3.01. The van der Waals surface area contributed by atoms with Crippen molar-refractivity contribution in [2.45, 2.75) is 24.6 Å². The van der Waals surface area contributed by atoms with E-state index in [1.807, 2.05) is 16.3 Å². The minimum absolute atomic E-state index is 0.584. The van der Waals surface area contributed by atoms with Crippen LogP contribution in [-0.2, 0) is 0 Å². The molecule has 0 radical (unpaired) electrons. The predicted octanol–water partition coefficient (Wildman–Crippen LogP) is 2.57. The fourth-order valence-corrected chi connectivity index (χ4v) is 3.39. The molecular weight excluding hydrogens is 244 g/mol. The van der Waals surface area contributed by atoms with Crippen LogP contribution in [0, 0.1) is 0 Å². The largest absolute Gasteiger partial charge is 0.381 e. The molecule has 18 heavy (non-hydrogen) atoms. The van der Waals surface area contributed by atoms with Gasteiger partial charge >= 0.3 is 0 Å². The Balaban J connectivity index is 1.75. The summed E-state index contributed by atoms with van der Waals surface area (Å²) < 4.78 is 1.91. The number of nitrogens with one attached hydrogen (secondary N) is 1. The molecule has 94 valence electrons. The molecule has 1 fully saturated rings. The lowest BCUT2D eigenvalue weighted by Gasteiger charge is -2.14. The Morgan fingerprint density at radius 3 is 2.89 bits per heavy atom. The van der Waals surface area contributed by atoms with Crippen molar-refractivity contribution < 1.29 is 0 Å². The summed E-state index contributed by atoms with van der Waals surface area (Å²) in [4.78, 5) is 0. The van der Waals surface area contributed by atoms with Crippen LogP contribution in [0.2, 0.25) is 0 Å². The molecule has 1 N–H and O–H groups in total. The van der Waals surface area contributed by atoms with E-state index in [-0.39, 0.29) is 0 Å². The van der Waals surface area contributed by atoms with Gasteiger partial charge in [-0.15, -0.1) is 10.2 Å². The van der Waals surface area contributed by atoms with Gasteiger partial charge in [-0.3, -0.25) is 4.57 Å². The van der Waals surface area contributed by atoms with E-state index in [9.17, 15) is 0 Å². The molecular formula is C13H16N4S. The Hall–Kier alpha value is -1.49. The molecule has 2 unspecified atom stereocenters. The lowest BCUT2D eigenvalue weighted by Crippen LogP contribution is -2.18. The number of aromatic nitrogens is 3. The van der Waals surface area contributed by atoms with Gasteiger partial charge in [-0.2, -0.15) is 11.8 Å². The third kappa shape index (κ3) is 2.51. The molecule has 1 aliphatic rings. The second-order valence-corrected chi connectivity index (χ2v) is 6.11. The molecule has 1 saturated heterocycles. The topological polar surface area (TPSA) is 42.7 Å². The number of thioether (sulfide) groups is 1. The molecule has 0 saturated carbocycles. The number of hydrogen-bond acceptors (Lipinski definition) is 4. The van der Waals surface area contributed by atoms with Gasteiger partial charge in [0, 0.05) is 22.7 Å². The van der Waals surface area contributed by atoms with Crippen molar-refractivity contribution in [1.82, 2.24) is 14.8 Å². The second-order valence-electron chi connectivity index (χ2n) is 4.64. The van der Waals surface area contributed by atoms with Crippen molar-refractivity contribution in [2.24, 2.45) is 0 Å². The highest BCUT2D eigenvalue weighted by atomic mass is 32.2. The Morgan fingerprint density at radius 2 is 2.17 bits per heavy atom. The number of benzene rings is 1. The highest BCUT2D eigenvalue weighted by Crippen LogP contribution is 2.28. The van der Waals surface area contributed by atoms with Gasteiger partial charge in [-0.1, -0.05) is 13.0 Å². The van der Waals surface area contributed by atoms with E-state index >= 15 is 0 Å². The summed E-state index contributed by atoms with van der Waals surface area (Å²) in [6.45, 7) is 2.29. The third-order valence-corrected chi connectivity index (χ3v) is 4.49. The molecule has 1 aromatic heterocycles. The summed E-state index contributed by atoms with van der Waals surface area (Å²) >= 11 is 2.04. The molecule has 3 rings (SSSR count). The minimum atomic E-state index is 0.584. The molecule has 0 aliphatic carbocycles. The first kappa shape index (κ1) is 11.6.